The zero-order valence-electron chi connectivity index (χ0n) is 5.00. The van der Waals surface area contributed by atoms with Crippen LogP contribution in [0.2, 0.25) is 0 Å². The van der Waals surface area contributed by atoms with Gasteiger partial charge in [0.15, 0.2) is 0 Å². The van der Waals surface area contributed by atoms with Gasteiger partial charge >= 0.3 is 74.8 Å². The Kier molecular flexibility index (Phi) is 4.18. The molecule has 1 rings (SSSR count). The van der Waals surface area contributed by atoms with Crippen LogP contribution in [0.4, 0.5) is 0 Å². The second kappa shape index (κ2) is 4.67. The van der Waals surface area contributed by atoms with Crippen molar-refractivity contribution in [3.63, 3.8) is 0 Å². The first-order valence-electron chi connectivity index (χ1n) is 2.60. The molecule has 10 heavy (non-hydrogen) atoms. The van der Waals surface area contributed by atoms with Crippen molar-refractivity contribution in [3.8, 4) is 0 Å². The first-order valence-corrected chi connectivity index (χ1v) is 7.94. The van der Waals surface area contributed by atoms with Crippen molar-refractivity contribution in [3.05, 3.63) is 37.7 Å². The fourth-order valence-electron chi connectivity index (χ4n) is 0.583. The van der Waals surface area contributed by atoms with Crippen LogP contribution in [-0.2, 0) is 13.5 Å². The van der Waals surface area contributed by atoms with Crippen molar-refractivity contribution < 1.29 is 13.5 Å². The topological polar surface area (TPSA) is 0 Å². The van der Waals surface area contributed by atoms with Crippen LogP contribution in [0.15, 0.2) is 6.08 Å². The fraction of sp³-hybridized carbons (Fsp3) is 0. The standard InChI is InChI=1S/C7H5.2ClH.Ru/c1-2-7-5-3-4-6-7;;;/h2-6H;2*1H;/q;;;+2/p-2. The van der Waals surface area contributed by atoms with E-state index in [-0.39, 0.29) is 0 Å². The van der Waals surface area contributed by atoms with Gasteiger partial charge in [-0.05, 0) is 0 Å². The summed E-state index contributed by atoms with van der Waals surface area (Å²) in [7, 11) is 11.1. The molecule has 1 aliphatic rings. The van der Waals surface area contributed by atoms with E-state index >= 15 is 0 Å². The summed E-state index contributed by atoms with van der Waals surface area (Å²) in [5.41, 5.74) is 0. The second-order valence-electron chi connectivity index (χ2n) is 1.65. The molecule has 0 saturated heterocycles. The summed E-state index contributed by atoms with van der Waals surface area (Å²) in [6, 6.07) is 0. The third-order valence-corrected chi connectivity index (χ3v) is 2.53. The molecule has 1 aliphatic carbocycles. The minimum absolute atomic E-state index is 1.11. The molecule has 55 valence electrons. The summed E-state index contributed by atoms with van der Waals surface area (Å²) in [5, 5.41) is 0. The van der Waals surface area contributed by atoms with Gasteiger partial charge in [0.25, 0.3) is 0 Å². The van der Waals surface area contributed by atoms with Crippen LogP contribution >= 0.6 is 19.4 Å². The minimum atomic E-state index is -1.71. The van der Waals surface area contributed by atoms with E-state index in [0.29, 0.717) is 0 Å². The molecule has 0 aromatic rings. The first kappa shape index (κ1) is 8.95. The molecule has 3 heteroatoms. The van der Waals surface area contributed by atoms with E-state index in [2.05, 4.69) is 4.26 Å². The average molecular weight is 261 g/mol. The zero-order valence-corrected chi connectivity index (χ0v) is 8.25. The molecule has 0 spiro atoms. The van der Waals surface area contributed by atoms with Crippen LogP contribution in [0, 0.1) is 31.6 Å². The van der Waals surface area contributed by atoms with Gasteiger partial charge in [0.1, 0.15) is 0 Å². The third-order valence-electron chi connectivity index (χ3n) is 0.983. The Morgan fingerprint density at radius 2 is 1.90 bits per heavy atom. The maximum absolute atomic E-state index is 5.56. The van der Waals surface area contributed by atoms with Crippen LogP contribution in [0.1, 0.15) is 0 Å². The molecular formula is C7H5Cl2Ru. The number of hydrogen-bond donors (Lipinski definition) is 0. The molecule has 5 radical (unpaired) electrons. The van der Waals surface area contributed by atoms with Gasteiger partial charge in [-0.15, -0.1) is 0 Å². The molecule has 0 bridgehead atoms. The molecule has 1 fully saturated rings. The normalized spacial score (nSPS) is 20.4. The van der Waals surface area contributed by atoms with Gasteiger partial charge in [-0.2, -0.15) is 0 Å². The van der Waals surface area contributed by atoms with Crippen LogP contribution in [-0.4, -0.2) is 4.26 Å². The van der Waals surface area contributed by atoms with E-state index in [1.165, 1.54) is 0 Å². The summed E-state index contributed by atoms with van der Waals surface area (Å²) in [5.74, 6) is 1.11. The zero-order chi connectivity index (χ0) is 7.40. The molecule has 0 N–H and O–H groups in total. The summed E-state index contributed by atoms with van der Waals surface area (Å²) < 4.78 is 2.90. The number of hydrogen-bond acceptors (Lipinski definition) is 0. The van der Waals surface area contributed by atoms with Crippen LogP contribution in [0.5, 0.6) is 0 Å². The van der Waals surface area contributed by atoms with Gasteiger partial charge in [0.2, 0.25) is 0 Å². The van der Waals surface area contributed by atoms with Crippen molar-refractivity contribution in [2.45, 2.75) is 0 Å². The molecule has 0 atom stereocenters. The average Bonchev–Trinajstić information content (AvgIpc) is 2.34. The maximum atomic E-state index is 5.56. The molecule has 1 saturated carbocycles. The van der Waals surface area contributed by atoms with Crippen molar-refractivity contribution in [1.29, 1.82) is 0 Å². The van der Waals surface area contributed by atoms with Crippen LogP contribution in [0.3, 0.4) is 0 Å². The Morgan fingerprint density at radius 3 is 2.40 bits per heavy atom. The molecule has 0 amide bonds. The Balaban J connectivity index is 2.44. The van der Waals surface area contributed by atoms with E-state index in [4.69, 9.17) is 19.4 Å². The first-order chi connectivity index (χ1) is 4.79. The molecule has 0 unspecified atom stereocenters. The second-order valence-corrected chi connectivity index (χ2v) is 7.03. The van der Waals surface area contributed by atoms with Gasteiger partial charge in [-0.3, -0.25) is 0 Å². The van der Waals surface area contributed by atoms with Crippen molar-refractivity contribution >= 4 is 23.6 Å². The van der Waals surface area contributed by atoms with Gasteiger partial charge in [0, 0.05) is 0 Å². The SMILES string of the molecule is [Cl][Ru]([Cl])=[C]=C[C]1[CH][CH][CH][CH]1. The monoisotopic (exact) mass is 261 g/mol. The molecule has 0 heterocycles. The molecular weight excluding hydrogens is 256 g/mol. The predicted molar refractivity (Wildman–Crippen MR) is 41.7 cm³/mol. The van der Waals surface area contributed by atoms with Crippen molar-refractivity contribution in [2.24, 2.45) is 0 Å². The Hall–Kier alpha value is 0.853. The Labute approximate surface area is 74.7 Å². The fourth-order valence-corrected chi connectivity index (χ4v) is 1.52. The number of halogens is 2. The quantitative estimate of drug-likeness (QED) is 0.635. The van der Waals surface area contributed by atoms with Crippen LogP contribution in [0.25, 0.3) is 0 Å². The van der Waals surface area contributed by atoms with Gasteiger partial charge in [-0.25, -0.2) is 0 Å². The van der Waals surface area contributed by atoms with Gasteiger partial charge in [-0.1, -0.05) is 0 Å². The molecule has 0 aromatic heterocycles. The predicted octanol–water partition coefficient (Wildman–Crippen LogP) is 2.27. The summed E-state index contributed by atoms with van der Waals surface area (Å²) in [6.07, 6.45) is 9.73. The van der Waals surface area contributed by atoms with E-state index in [1.54, 1.807) is 0 Å². The summed E-state index contributed by atoms with van der Waals surface area (Å²) in [4.78, 5) is 0. The summed E-state index contributed by atoms with van der Waals surface area (Å²) >= 11 is -1.71. The summed E-state index contributed by atoms with van der Waals surface area (Å²) in [6.45, 7) is 0. The van der Waals surface area contributed by atoms with Gasteiger partial charge < -0.3 is 0 Å². The van der Waals surface area contributed by atoms with E-state index < -0.39 is 13.5 Å². The van der Waals surface area contributed by atoms with Gasteiger partial charge in [0.05, 0.1) is 0 Å². The van der Waals surface area contributed by atoms with E-state index in [9.17, 15) is 0 Å². The van der Waals surface area contributed by atoms with Crippen molar-refractivity contribution in [2.75, 3.05) is 0 Å². The molecule has 0 aliphatic heterocycles. The molecule has 0 aromatic carbocycles. The third kappa shape index (κ3) is 3.31. The Bertz CT molecular complexity index is 160. The molecule has 0 nitrogen and oxygen atoms in total. The van der Waals surface area contributed by atoms with E-state index in [0.717, 1.165) is 5.92 Å². The van der Waals surface area contributed by atoms with E-state index in [1.807, 2.05) is 31.8 Å². The van der Waals surface area contributed by atoms with Crippen molar-refractivity contribution in [1.82, 2.24) is 0 Å². The number of rotatable bonds is 1. The van der Waals surface area contributed by atoms with Crippen LogP contribution < -0.4 is 0 Å². The Morgan fingerprint density at radius 1 is 1.30 bits per heavy atom. The number of allylic oxidation sites excluding steroid dienone is 1.